The van der Waals surface area contributed by atoms with Gasteiger partial charge in [0.15, 0.2) is 17.0 Å². The standard InChI is InChI=1S/C15H21N5O2/c16-13-12-14(20(9-17-12)11-7-4-8-21-11)19-15(18-13)22-10-5-2-1-3-6-10/h9-11H,1-8H2,(H2,16,18,19). The topological polar surface area (TPSA) is 88.1 Å². The van der Waals surface area contributed by atoms with Gasteiger partial charge in [-0.1, -0.05) is 6.42 Å². The van der Waals surface area contributed by atoms with Crippen LogP contribution in [-0.4, -0.2) is 32.2 Å². The minimum Gasteiger partial charge on any atom is -0.460 e. The second-order valence-electron chi connectivity index (χ2n) is 6.06. The lowest BCUT2D eigenvalue weighted by Crippen LogP contribution is -2.21. The Hall–Kier alpha value is -1.89. The van der Waals surface area contributed by atoms with Gasteiger partial charge in [0, 0.05) is 6.61 Å². The highest BCUT2D eigenvalue weighted by Crippen LogP contribution is 2.29. The van der Waals surface area contributed by atoms with Crippen molar-refractivity contribution >= 4 is 17.0 Å². The van der Waals surface area contributed by atoms with Crippen LogP contribution in [-0.2, 0) is 4.74 Å². The van der Waals surface area contributed by atoms with E-state index in [1.54, 1.807) is 6.33 Å². The summed E-state index contributed by atoms with van der Waals surface area (Å²) in [5.41, 5.74) is 7.34. The lowest BCUT2D eigenvalue weighted by molar-refractivity contribution is 0.0591. The highest BCUT2D eigenvalue weighted by molar-refractivity contribution is 5.81. The number of nitrogens with two attached hydrogens (primary N) is 1. The van der Waals surface area contributed by atoms with Gasteiger partial charge in [-0.15, -0.1) is 0 Å². The summed E-state index contributed by atoms with van der Waals surface area (Å²) in [6, 6.07) is 0.358. The second kappa shape index (κ2) is 5.72. The Labute approximate surface area is 128 Å². The van der Waals surface area contributed by atoms with Crippen LogP contribution in [0.2, 0.25) is 0 Å². The minimum atomic E-state index is -0.0122. The molecule has 118 valence electrons. The second-order valence-corrected chi connectivity index (χ2v) is 6.06. The van der Waals surface area contributed by atoms with Gasteiger partial charge in [0.2, 0.25) is 0 Å². The van der Waals surface area contributed by atoms with Crippen LogP contribution in [0.5, 0.6) is 6.01 Å². The third-order valence-corrected chi connectivity index (χ3v) is 4.47. The molecule has 2 aliphatic rings. The maximum atomic E-state index is 6.03. The fourth-order valence-electron chi connectivity index (χ4n) is 3.29. The van der Waals surface area contributed by atoms with E-state index in [1.807, 2.05) is 4.57 Å². The molecule has 2 fully saturated rings. The molecule has 2 N–H and O–H groups in total. The maximum Gasteiger partial charge on any atom is 0.320 e. The van der Waals surface area contributed by atoms with E-state index >= 15 is 0 Å². The van der Waals surface area contributed by atoms with E-state index in [0.717, 1.165) is 32.3 Å². The van der Waals surface area contributed by atoms with Gasteiger partial charge >= 0.3 is 6.01 Å². The zero-order valence-corrected chi connectivity index (χ0v) is 12.6. The lowest BCUT2D eigenvalue weighted by atomic mass is 9.98. The van der Waals surface area contributed by atoms with Crippen LogP contribution in [0.25, 0.3) is 11.2 Å². The van der Waals surface area contributed by atoms with Crippen LogP contribution < -0.4 is 10.5 Å². The maximum absolute atomic E-state index is 6.03. The smallest absolute Gasteiger partial charge is 0.320 e. The molecular weight excluding hydrogens is 282 g/mol. The van der Waals surface area contributed by atoms with Gasteiger partial charge in [-0.25, -0.2) is 4.98 Å². The molecule has 7 heteroatoms. The van der Waals surface area contributed by atoms with E-state index in [1.165, 1.54) is 19.3 Å². The first kappa shape index (κ1) is 13.8. The number of imidazole rings is 1. The van der Waals surface area contributed by atoms with Crippen LogP contribution >= 0.6 is 0 Å². The van der Waals surface area contributed by atoms with Crippen LogP contribution in [0.1, 0.15) is 51.2 Å². The molecule has 1 saturated heterocycles. The predicted molar refractivity (Wildman–Crippen MR) is 81.5 cm³/mol. The number of ether oxygens (including phenoxy) is 2. The summed E-state index contributed by atoms with van der Waals surface area (Å²) < 4.78 is 13.6. The third kappa shape index (κ3) is 2.49. The summed E-state index contributed by atoms with van der Waals surface area (Å²) in [6.45, 7) is 0.774. The number of hydrogen-bond donors (Lipinski definition) is 1. The Morgan fingerprint density at radius 2 is 2.00 bits per heavy atom. The molecule has 0 amide bonds. The van der Waals surface area contributed by atoms with Crippen molar-refractivity contribution in [1.29, 1.82) is 0 Å². The van der Waals surface area contributed by atoms with Crippen LogP contribution in [0.3, 0.4) is 0 Å². The third-order valence-electron chi connectivity index (χ3n) is 4.47. The molecule has 4 rings (SSSR count). The number of anilines is 1. The molecule has 1 unspecified atom stereocenters. The molecule has 22 heavy (non-hydrogen) atoms. The van der Waals surface area contributed by atoms with Crippen molar-refractivity contribution in [3.8, 4) is 6.01 Å². The van der Waals surface area contributed by atoms with Gasteiger partial charge < -0.3 is 15.2 Å². The first-order valence-corrected chi connectivity index (χ1v) is 8.09. The molecular formula is C15H21N5O2. The van der Waals surface area contributed by atoms with E-state index in [9.17, 15) is 0 Å². The summed E-state index contributed by atoms with van der Waals surface area (Å²) in [6.07, 6.45) is 9.76. The Morgan fingerprint density at radius 1 is 1.14 bits per heavy atom. The fourth-order valence-corrected chi connectivity index (χ4v) is 3.29. The van der Waals surface area contributed by atoms with Crippen LogP contribution in [0.4, 0.5) is 5.82 Å². The Morgan fingerprint density at radius 3 is 2.77 bits per heavy atom. The van der Waals surface area contributed by atoms with Crippen molar-refractivity contribution in [1.82, 2.24) is 19.5 Å². The Kier molecular flexibility index (Phi) is 3.57. The van der Waals surface area contributed by atoms with Crippen LogP contribution in [0, 0.1) is 0 Å². The van der Waals surface area contributed by atoms with Crippen molar-refractivity contribution < 1.29 is 9.47 Å². The number of fused-ring (bicyclic) bond motifs is 1. The summed E-state index contributed by atoms with van der Waals surface area (Å²) in [5.74, 6) is 0.368. The Balaban J connectivity index is 1.65. The van der Waals surface area contributed by atoms with E-state index in [2.05, 4.69) is 15.0 Å². The molecule has 3 heterocycles. The average molecular weight is 303 g/mol. The van der Waals surface area contributed by atoms with Crippen molar-refractivity contribution in [2.75, 3.05) is 12.3 Å². The number of rotatable bonds is 3. The monoisotopic (exact) mass is 303 g/mol. The molecule has 1 aliphatic heterocycles. The number of nitrogens with zero attached hydrogens (tertiary/aromatic N) is 4. The zero-order chi connectivity index (χ0) is 14.9. The van der Waals surface area contributed by atoms with Gasteiger partial charge in [-0.05, 0) is 38.5 Å². The van der Waals surface area contributed by atoms with E-state index < -0.39 is 0 Å². The van der Waals surface area contributed by atoms with E-state index in [0.29, 0.717) is 23.0 Å². The highest BCUT2D eigenvalue weighted by atomic mass is 16.5. The minimum absolute atomic E-state index is 0.0122. The Bertz CT molecular complexity index is 659. The van der Waals surface area contributed by atoms with Gasteiger partial charge in [-0.3, -0.25) is 4.57 Å². The molecule has 0 spiro atoms. The molecule has 0 radical (unpaired) electrons. The van der Waals surface area contributed by atoms with Crippen molar-refractivity contribution in [3.63, 3.8) is 0 Å². The van der Waals surface area contributed by atoms with Crippen molar-refractivity contribution in [2.24, 2.45) is 0 Å². The van der Waals surface area contributed by atoms with E-state index in [4.69, 9.17) is 15.2 Å². The van der Waals surface area contributed by atoms with Crippen LogP contribution in [0.15, 0.2) is 6.33 Å². The number of hydrogen-bond acceptors (Lipinski definition) is 6. The summed E-state index contributed by atoms with van der Waals surface area (Å²) in [5, 5.41) is 0. The summed E-state index contributed by atoms with van der Waals surface area (Å²) in [7, 11) is 0. The molecule has 1 atom stereocenters. The summed E-state index contributed by atoms with van der Waals surface area (Å²) in [4.78, 5) is 13.1. The molecule has 1 saturated carbocycles. The molecule has 7 nitrogen and oxygen atoms in total. The SMILES string of the molecule is Nc1nc(OC2CCCCC2)nc2c1ncn2C1CCCO1. The number of nitrogen functional groups attached to an aromatic ring is 1. The van der Waals surface area contributed by atoms with Crippen molar-refractivity contribution in [2.45, 2.75) is 57.3 Å². The quantitative estimate of drug-likeness (QED) is 0.937. The van der Waals surface area contributed by atoms with E-state index in [-0.39, 0.29) is 12.3 Å². The van der Waals surface area contributed by atoms with Crippen molar-refractivity contribution in [3.05, 3.63) is 6.33 Å². The molecule has 2 aromatic heterocycles. The summed E-state index contributed by atoms with van der Waals surface area (Å²) >= 11 is 0. The van der Waals surface area contributed by atoms with Gasteiger partial charge in [0.05, 0.1) is 6.33 Å². The van der Waals surface area contributed by atoms with Gasteiger partial charge in [-0.2, -0.15) is 9.97 Å². The fraction of sp³-hybridized carbons (Fsp3) is 0.667. The molecule has 1 aliphatic carbocycles. The first-order chi connectivity index (χ1) is 10.8. The largest absolute Gasteiger partial charge is 0.460 e. The average Bonchev–Trinajstić information content (AvgIpc) is 3.17. The molecule has 2 aromatic rings. The predicted octanol–water partition coefficient (Wildman–Crippen LogP) is 2.43. The first-order valence-electron chi connectivity index (χ1n) is 8.09. The van der Waals surface area contributed by atoms with Gasteiger partial charge in [0.1, 0.15) is 12.3 Å². The van der Waals surface area contributed by atoms with Gasteiger partial charge in [0.25, 0.3) is 0 Å². The highest BCUT2D eigenvalue weighted by Gasteiger charge is 2.23. The number of aromatic nitrogens is 4. The molecule has 0 aromatic carbocycles. The molecule has 0 bridgehead atoms. The zero-order valence-electron chi connectivity index (χ0n) is 12.6. The lowest BCUT2D eigenvalue weighted by Gasteiger charge is -2.21. The normalized spacial score (nSPS) is 23.2.